The van der Waals surface area contributed by atoms with Gasteiger partial charge in [0.25, 0.3) is 0 Å². The Bertz CT molecular complexity index is 265. The lowest BCUT2D eigenvalue weighted by atomic mass is 10.2. The van der Waals surface area contributed by atoms with E-state index in [1.807, 2.05) is 0 Å². The second-order valence-corrected chi connectivity index (χ2v) is 3.41. The molecule has 0 saturated heterocycles. The van der Waals surface area contributed by atoms with Crippen LogP contribution in [0.2, 0.25) is 5.15 Å². The zero-order valence-electron chi connectivity index (χ0n) is 6.92. The fraction of sp³-hybridized carbons (Fsp3) is 0.500. The zero-order valence-corrected chi connectivity index (χ0v) is 8.57. The molecule has 0 aliphatic heterocycles. The molecule has 66 valence electrons. The second kappa shape index (κ2) is 4.67. The summed E-state index contributed by atoms with van der Waals surface area (Å²) in [5.74, 6) is 0.805. The van der Waals surface area contributed by atoms with Gasteiger partial charge in [0.1, 0.15) is 11.0 Å². The van der Waals surface area contributed by atoms with Crippen LogP contribution in [0.3, 0.4) is 0 Å². The monoisotopic (exact) mass is 202 g/mol. The number of unbranched alkanes of at least 4 members (excludes halogenated alkanes) is 1. The van der Waals surface area contributed by atoms with Crippen LogP contribution in [0.25, 0.3) is 0 Å². The van der Waals surface area contributed by atoms with E-state index in [9.17, 15) is 0 Å². The molecule has 0 fully saturated rings. The molecule has 2 nitrogen and oxygen atoms in total. The van der Waals surface area contributed by atoms with E-state index < -0.39 is 0 Å². The van der Waals surface area contributed by atoms with E-state index in [-0.39, 0.29) is 0 Å². The summed E-state index contributed by atoms with van der Waals surface area (Å²) in [7, 11) is 0. The minimum absolute atomic E-state index is 0.444. The van der Waals surface area contributed by atoms with Gasteiger partial charge in [-0.1, -0.05) is 24.9 Å². The summed E-state index contributed by atoms with van der Waals surface area (Å²) in [5, 5.41) is 0.444. The Morgan fingerprint density at radius 2 is 2.33 bits per heavy atom. The highest BCUT2D eigenvalue weighted by Crippen LogP contribution is 2.15. The van der Waals surface area contributed by atoms with Crippen LogP contribution < -0.4 is 0 Å². The molecule has 0 unspecified atom stereocenters. The number of aryl methyl sites for hydroxylation is 1. The summed E-state index contributed by atoms with van der Waals surface area (Å²) in [5.41, 5.74) is 0. The van der Waals surface area contributed by atoms with Crippen LogP contribution in [0.5, 0.6) is 0 Å². The summed E-state index contributed by atoms with van der Waals surface area (Å²) in [6.45, 7) is 2.13. The summed E-state index contributed by atoms with van der Waals surface area (Å²) in [6, 6.07) is 0. The Balaban J connectivity index is 2.69. The van der Waals surface area contributed by atoms with E-state index in [1.165, 1.54) is 0 Å². The molecule has 12 heavy (non-hydrogen) atoms. The SMILES string of the molecule is CCCCc1ncc(S)c(Cl)n1. The third-order valence-corrected chi connectivity index (χ3v) is 2.28. The first-order chi connectivity index (χ1) is 5.74. The molecule has 1 heterocycles. The molecule has 0 saturated carbocycles. The maximum Gasteiger partial charge on any atom is 0.146 e. The highest BCUT2D eigenvalue weighted by atomic mass is 35.5. The molecule has 0 amide bonds. The number of nitrogens with zero attached hydrogens (tertiary/aromatic N) is 2. The molecule has 0 radical (unpaired) electrons. The number of thiol groups is 1. The first-order valence-corrected chi connectivity index (χ1v) is 4.77. The Morgan fingerprint density at radius 3 is 2.92 bits per heavy atom. The minimum atomic E-state index is 0.444. The van der Waals surface area contributed by atoms with Crippen molar-refractivity contribution in [3.8, 4) is 0 Å². The number of aromatic nitrogens is 2. The third-order valence-electron chi connectivity index (χ3n) is 1.53. The van der Waals surface area contributed by atoms with Crippen LogP contribution >= 0.6 is 24.2 Å². The van der Waals surface area contributed by atoms with Crippen molar-refractivity contribution >= 4 is 24.2 Å². The maximum absolute atomic E-state index is 5.77. The summed E-state index contributed by atoms with van der Waals surface area (Å²) < 4.78 is 0. The van der Waals surface area contributed by atoms with Gasteiger partial charge in [-0.05, 0) is 6.42 Å². The van der Waals surface area contributed by atoms with Crippen molar-refractivity contribution in [3.63, 3.8) is 0 Å². The minimum Gasteiger partial charge on any atom is -0.240 e. The molecule has 0 N–H and O–H groups in total. The van der Waals surface area contributed by atoms with Gasteiger partial charge in [0, 0.05) is 12.6 Å². The Hall–Kier alpha value is -0.280. The zero-order chi connectivity index (χ0) is 8.97. The van der Waals surface area contributed by atoms with E-state index >= 15 is 0 Å². The highest BCUT2D eigenvalue weighted by molar-refractivity contribution is 7.80. The van der Waals surface area contributed by atoms with Crippen LogP contribution in [-0.2, 0) is 6.42 Å². The molecule has 0 bridgehead atoms. The molecule has 1 rings (SSSR count). The Labute approximate surface area is 82.8 Å². The molecule has 4 heteroatoms. The van der Waals surface area contributed by atoms with Crippen molar-refractivity contribution < 1.29 is 0 Å². The van der Waals surface area contributed by atoms with Crippen molar-refractivity contribution in [2.24, 2.45) is 0 Å². The van der Waals surface area contributed by atoms with Gasteiger partial charge >= 0.3 is 0 Å². The predicted octanol–water partition coefficient (Wildman–Crippen LogP) is 2.76. The molecule has 0 aliphatic rings. The maximum atomic E-state index is 5.77. The quantitative estimate of drug-likeness (QED) is 0.603. The largest absolute Gasteiger partial charge is 0.240 e. The average Bonchev–Trinajstić information content (AvgIpc) is 2.07. The smallest absolute Gasteiger partial charge is 0.146 e. The molecule has 0 atom stereocenters. The van der Waals surface area contributed by atoms with Gasteiger partial charge in [-0.15, -0.1) is 12.6 Å². The van der Waals surface area contributed by atoms with E-state index in [1.54, 1.807) is 6.20 Å². The molecule has 1 aromatic heterocycles. The van der Waals surface area contributed by atoms with Crippen LogP contribution in [0, 0.1) is 0 Å². The van der Waals surface area contributed by atoms with Gasteiger partial charge < -0.3 is 0 Å². The number of hydrogen-bond acceptors (Lipinski definition) is 3. The first-order valence-electron chi connectivity index (χ1n) is 3.94. The second-order valence-electron chi connectivity index (χ2n) is 2.57. The van der Waals surface area contributed by atoms with Crippen molar-refractivity contribution in [1.29, 1.82) is 0 Å². The lowest BCUT2D eigenvalue weighted by molar-refractivity contribution is 0.748. The number of rotatable bonds is 3. The first kappa shape index (κ1) is 9.81. The lowest BCUT2D eigenvalue weighted by Gasteiger charge is -1.99. The number of hydrogen-bond donors (Lipinski definition) is 1. The summed E-state index contributed by atoms with van der Waals surface area (Å²) in [4.78, 5) is 8.83. The normalized spacial score (nSPS) is 10.2. The van der Waals surface area contributed by atoms with Gasteiger partial charge in [-0.2, -0.15) is 0 Å². The Kier molecular flexibility index (Phi) is 3.82. The number of halogens is 1. The highest BCUT2D eigenvalue weighted by Gasteiger charge is 2.00. The molecule has 0 aromatic carbocycles. The standard InChI is InChI=1S/C8H11ClN2S/c1-2-3-4-7-10-5-6(12)8(9)11-7/h5,12H,2-4H2,1H3. The fourth-order valence-corrected chi connectivity index (χ4v) is 1.10. The van der Waals surface area contributed by atoms with Gasteiger partial charge in [-0.3, -0.25) is 0 Å². The van der Waals surface area contributed by atoms with E-state index in [4.69, 9.17) is 11.6 Å². The van der Waals surface area contributed by atoms with Gasteiger partial charge in [-0.25, -0.2) is 9.97 Å². The summed E-state index contributed by atoms with van der Waals surface area (Å²) >= 11 is 9.84. The molecule has 1 aromatic rings. The van der Waals surface area contributed by atoms with Gasteiger partial charge in [0.15, 0.2) is 0 Å². The molecular formula is C8H11ClN2S. The summed E-state index contributed by atoms with van der Waals surface area (Å²) in [6.07, 6.45) is 4.78. The topological polar surface area (TPSA) is 25.8 Å². The van der Waals surface area contributed by atoms with E-state index in [0.29, 0.717) is 10.0 Å². The van der Waals surface area contributed by atoms with Crippen LogP contribution in [0.1, 0.15) is 25.6 Å². The van der Waals surface area contributed by atoms with Crippen molar-refractivity contribution in [2.75, 3.05) is 0 Å². The molecular weight excluding hydrogens is 192 g/mol. The fourth-order valence-electron chi connectivity index (χ4n) is 0.844. The van der Waals surface area contributed by atoms with Crippen molar-refractivity contribution in [1.82, 2.24) is 9.97 Å². The van der Waals surface area contributed by atoms with Gasteiger partial charge in [0.05, 0.1) is 4.90 Å². The third kappa shape index (κ3) is 2.64. The van der Waals surface area contributed by atoms with Crippen LogP contribution in [0.4, 0.5) is 0 Å². The predicted molar refractivity (Wildman–Crippen MR) is 52.9 cm³/mol. The lowest BCUT2D eigenvalue weighted by Crippen LogP contribution is -1.95. The van der Waals surface area contributed by atoms with Crippen molar-refractivity contribution in [2.45, 2.75) is 31.1 Å². The van der Waals surface area contributed by atoms with Crippen LogP contribution in [0.15, 0.2) is 11.1 Å². The van der Waals surface area contributed by atoms with Crippen molar-refractivity contribution in [3.05, 3.63) is 17.2 Å². The van der Waals surface area contributed by atoms with Crippen LogP contribution in [-0.4, -0.2) is 9.97 Å². The average molecular weight is 203 g/mol. The van der Waals surface area contributed by atoms with Gasteiger partial charge in [0.2, 0.25) is 0 Å². The van der Waals surface area contributed by atoms with E-state index in [0.717, 1.165) is 25.1 Å². The molecule has 0 spiro atoms. The Morgan fingerprint density at radius 1 is 1.58 bits per heavy atom. The van der Waals surface area contributed by atoms with E-state index in [2.05, 4.69) is 29.5 Å². The molecule has 0 aliphatic carbocycles.